The van der Waals surface area contributed by atoms with Crippen molar-refractivity contribution in [3.8, 4) is 5.75 Å². The van der Waals surface area contributed by atoms with Crippen LogP contribution >= 0.6 is 0 Å². The third-order valence-corrected chi connectivity index (χ3v) is 7.88. The molecule has 0 bridgehead atoms. The lowest BCUT2D eigenvalue weighted by Crippen LogP contribution is -2.39. The van der Waals surface area contributed by atoms with Gasteiger partial charge in [0.2, 0.25) is 5.91 Å². The summed E-state index contributed by atoms with van der Waals surface area (Å²) in [6.45, 7) is 0.842. The summed E-state index contributed by atoms with van der Waals surface area (Å²) in [5.74, 6) is -0.777. The van der Waals surface area contributed by atoms with Gasteiger partial charge in [0.05, 0.1) is 24.9 Å². The molecule has 1 aliphatic heterocycles. The minimum absolute atomic E-state index is 0.0395. The number of hydrogen-bond acceptors (Lipinski definition) is 8. The standard InChI is InChI=1S/C35H44N2O8/c1-37(22-31(40)27-7-6-8-29(39)19-27)21-30-20-32(25-13-11-24(23-38)12-14-25)45-35(44-30)26-15-17-28(18-16-26)36-33(41)9-4-2-3-5-10-34(42)43/h6-8,11-19,30-32,35,38-40H,2-5,9-10,20-23H2,1H3,(H,36,41)(H,42,43). The van der Waals surface area contributed by atoms with Crippen LogP contribution in [0.4, 0.5) is 5.69 Å². The van der Waals surface area contributed by atoms with E-state index in [1.54, 1.807) is 24.3 Å². The Bertz CT molecular complexity index is 1360. The molecule has 1 saturated heterocycles. The lowest BCUT2D eigenvalue weighted by molar-refractivity contribution is -0.252. The number of carboxylic acid groups (broad SMARTS) is 1. The summed E-state index contributed by atoms with van der Waals surface area (Å²) in [6, 6.07) is 21.7. The highest BCUT2D eigenvalue weighted by Gasteiger charge is 2.33. The number of carboxylic acids is 1. The first-order valence-corrected chi connectivity index (χ1v) is 15.5. The van der Waals surface area contributed by atoms with Crippen molar-refractivity contribution in [3.63, 3.8) is 0 Å². The molecule has 1 amide bonds. The number of likely N-dealkylation sites (N-methyl/N-ethyl adjacent to an activating group) is 1. The number of benzene rings is 3. The van der Waals surface area contributed by atoms with Crippen LogP contribution in [-0.4, -0.2) is 63.4 Å². The van der Waals surface area contributed by atoms with E-state index in [1.165, 1.54) is 0 Å². The second-order valence-corrected chi connectivity index (χ2v) is 11.7. The molecule has 0 saturated carbocycles. The zero-order valence-electron chi connectivity index (χ0n) is 25.7. The Balaban J connectivity index is 1.37. The molecule has 1 aliphatic rings. The molecule has 4 rings (SSSR count). The molecule has 4 atom stereocenters. The van der Waals surface area contributed by atoms with Crippen molar-refractivity contribution in [1.29, 1.82) is 0 Å². The third kappa shape index (κ3) is 10.9. The molecule has 10 heteroatoms. The smallest absolute Gasteiger partial charge is 0.303 e. The Labute approximate surface area is 264 Å². The maximum absolute atomic E-state index is 12.4. The van der Waals surface area contributed by atoms with Crippen LogP contribution in [-0.2, 0) is 25.7 Å². The van der Waals surface area contributed by atoms with Crippen LogP contribution < -0.4 is 5.32 Å². The zero-order valence-corrected chi connectivity index (χ0v) is 25.7. The topological polar surface area (TPSA) is 149 Å². The number of carbonyl (C=O) groups is 2. The predicted molar refractivity (Wildman–Crippen MR) is 169 cm³/mol. The first kappa shape index (κ1) is 34.1. The van der Waals surface area contributed by atoms with E-state index < -0.39 is 18.4 Å². The first-order valence-electron chi connectivity index (χ1n) is 15.5. The number of aliphatic hydroxyl groups excluding tert-OH is 2. The van der Waals surface area contributed by atoms with E-state index in [-0.39, 0.29) is 36.9 Å². The van der Waals surface area contributed by atoms with Crippen molar-refractivity contribution in [1.82, 2.24) is 4.90 Å². The second kappa shape index (κ2) is 17.0. The first-order chi connectivity index (χ1) is 21.7. The number of phenolic OH excluding ortho intramolecular Hbond substituents is 1. The largest absolute Gasteiger partial charge is 0.508 e. The van der Waals surface area contributed by atoms with Crippen molar-refractivity contribution in [2.45, 2.75) is 76.2 Å². The quantitative estimate of drug-likeness (QED) is 0.132. The number of hydrogen-bond donors (Lipinski definition) is 5. The summed E-state index contributed by atoms with van der Waals surface area (Å²) in [7, 11) is 1.92. The van der Waals surface area contributed by atoms with E-state index in [1.807, 2.05) is 60.5 Å². The number of unbranched alkanes of at least 4 members (excludes halogenated alkanes) is 3. The van der Waals surface area contributed by atoms with Gasteiger partial charge in [0.1, 0.15) is 5.75 Å². The molecule has 10 nitrogen and oxygen atoms in total. The average Bonchev–Trinajstić information content (AvgIpc) is 3.02. The Morgan fingerprint density at radius 3 is 2.29 bits per heavy atom. The van der Waals surface area contributed by atoms with Crippen molar-refractivity contribution in [2.75, 3.05) is 25.5 Å². The highest BCUT2D eigenvalue weighted by Crippen LogP contribution is 2.38. The summed E-state index contributed by atoms with van der Waals surface area (Å²) in [5, 5.41) is 41.7. The van der Waals surface area contributed by atoms with Gasteiger partial charge in [0.25, 0.3) is 0 Å². The molecule has 3 aromatic rings. The molecule has 1 heterocycles. The van der Waals surface area contributed by atoms with E-state index in [9.17, 15) is 24.9 Å². The number of amides is 1. The van der Waals surface area contributed by atoms with Gasteiger partial charge >= 0.3 is 5.97 Å². The van der Waals surface area contributed by atoms with Gasteiger partial charge in [-0.3, -0.25) is 9.59 Å². The molecular formula is C35H44N2O8. The average molecular weight is 621 g/mol. The fourth-order valence-corrected chi connectivity index (χ4v) is 5.45. The fourth-order valence-electron chi connectivity index (χ4n) is 5.45. The monoisotopic (exact) mass is 620 g/mol. The molecule has 0 spiro atoms. The molecule has 0 radical (unpaired) electrons. The van der Waals surface area contributed by atoms with E-state index in [4.69, 9.17) is 14.6 Å². The van der Waals surface area contributed by atoms with Gasteiger partial charge in [-0.2, -0.15) is 0 Å². The number of aliphatic carboxylic acids is 1. The third-order valence-electron chi connectivity index (χ3n) is 7.88. The number of rotatable bonds is 16. The lowest BCUT2D eigenvalue weighted by Gasteiger charge is -2.38. The second-order valence-electron chi connectivity index (χ2n) is 11.7. The number of ether oxygens (including phenoxy) is 2. The number of carbonyl (C=O) groups excluding carboxylic acids is 1. The Morgan fingerprint density at radius 1 is 0.933 bits per heavy atom. The molecule has 242 valence electrons. The Kier molecular flexibility index (Phi) is 12.9. The van der Waals surface area contributed by atoms with Crippen molar-refractivity contribution >= 4 is 17.6 Å². The van der Waals surface area contributed by atoms with Crippen LogP contribution in [0.15, 0.2) is 72.8 Å². The number of aromatic hydroxyl groups is 1. The highest BCUT2D eigenvalue weighted by atomic mass is 16.7. The van der Waals surface area contributed by atoms with Gasteiger partial charge in [-0.05, 0) is 60.8 Å². The SMILES string of the molecule is CN(CC1CC(c2ccc(CO)cc2)OC(c2ccc(NC(=O)CCCCCCC(=O)O)cc2)O1)CC(O)c1cccc(O)c1. The van der Waals surface area contributed by atoms with Gasteiger partial charge in [-0.15, -0.1) is 0 Å². The summed E-state index contributed by atoms with van der Waals surface area (Å²) < 4.78 is 12.8. The molecule has 0 aromatic heterocycles. The number of nitrogens with zero attached hydrogens (tertiary/aromatic N) is 1. The van der Waals surface area contributed by atoms with Gasteiger partial charge in [0.15, 0.2) is 6.29 Å². The maximum Gasteiger partial charge on any atom is 0.303 e. The van der Waals surface area contributed by atoms with Gasteiger partial charge in [-0.25, -0.2) is 0 Å². The lowest BCUT2D eigenvalue weighted by atomic mass is 9.99. The van der Waals surface area contributed by atoms with Crippen LogP contribution in [0.5, 0.6) is 5.75 Å². The molecule has 1 fully saturated rings. The maximum atomic E-state index is 12.4. The number of aliphatic hydroxyl groups is 2. The molecule has 4 unspecified atom stereocenters. The fraction of sp³-hybridized carbons (Fsp3) is 0.429. The molecular weight excluding hydrogens is 576 g/mol. The van der Waals surface area contributed by atoms with E-state index in [0.717, 1.165) is 29.5 Å². The minimum Gasteiger partial charge on any atom is -0.508 e. The number of phenols is 1. The van der Waals surface area contributed by atoms with E-state index >= 15 is 0 Å². The molecule has 45 heavy (non-hydrogen) atoms. The van der Waals surface area contributed by atoms with Gasteiger partial charge in [0, 0.05) is 43.6 Å². The van der Waals surface area contributed by atoms with Crippen molar-refractivity contribution in [2.24, 2.45) is 0 Å². The zero-order chi connectivity index (χ0) is 32.2. The summed E-state index contributed by atoms with van der Waals surface area (Å²) in [5.41, 5.74) is 3.89. The highest BCUT2D eigenvalue weighted by molar-refractivity contribution is 5.90. The van der Waals surface area contributed by atoms with Crippen LogP contribution in [0.1, 0.15) is 85.7 Å². The van der Waals surface area contributed by atoms with Gasteiger partial charge < -0.3 is 40.1 Å². The van der Waals surface area contributed by atoms with Crippen LogP contribution in [0.25, 0.3) is 0 Å². The Morgan fingerprint density at radius 2 is 1.62 bits per heavy atom. The molecule has 0 aliphatic carbocycles. The minimum atomic E-state index is -0.795. The van der Waals surface area contributed by atoms with E-state index in [0.29, 0.717) is 50.0 Å². The van der Waals surface area contributed by atoms with Gasteiger partial charge in [-0.1, -0.05) is 61.4 Å². The predicted octanol–water partition coefficient (Wildman–Crippen LogP) is 5.46. The van der Waals surface area contributed by atoms with Crippen LogP contribution in [0.2, 0.25) is 0 Å². The van der Waals surface area contributed by atoms with Crippen molar-refractivity contribution in [3.05, 3.63) is 95.1 Å². The van der Waals surface area contributed by atoms with Crippen LogP contribution in [0.3, 0.4) is 0 Å². The summed E-state index contributed by atoms with van der Waals surface area (Å²) in [4.78, 5) is 25.0. The van der Waals surface area contributed by atoms with Crippen molar-refractivity contribution < 1.29 is 39.5 Å². The Hall–Kier alpha value is -3.80. The normalized spacial score (nSPS) is 18.9. The number of nitrogens with one attached hydrogen (secondary N) is 1. The number of anilines is 1. The summed E-state index contributed by atoms with van der Waals surface area (Å²) >= 11 is 0. The van der Waals surface area contributed by atoms with Crippen LogP contribution in [0, 0.1) is 0 Å². The molecule has 3 aromatic carbocycles. The van der Waals surface area contributed by atoms with E-state index in [2.05, 4.69) is 5.32 Å². The molecule has 5 N–H and O–H groups in total. The summed E-state index contributed by atoms with van der Waals surface area (Å²) in [6.07, 6.45) is 2.12.